The normalized spacial score (nSPS) is 14.1. The fourth-order valence-corrected chi connectivity index (χ4v) is 3.15. The molecule has 1 fully saturated rings. The Morgan fingerprint density at radius 1 is 1.11 bits per heavy atom. The van der Waals surface area contributed by atoms with Crippen LogP contribution in [0.5, 0.6) is 5.88 Å². The van der Waals surface area contributed by atoms with Crippen molar-refractivity contribution in [2.75, 3.05) is 5.73 Å². The van der Waals surface area contributed by atoms with E-state index < -0.39 is 0 Å². The molecule has 0 aliphatic heterocycles. The number of hydrogen-bond donors (Lipinski definition) is 1. The first-order valence-electron chi connectivity index (χ1n) is 9.53. The van der Waals surface area contributed by atoms with Crippen LogP contribution in [0.15, 0.2) is 47.3 Å². The van der Waals surface area contributed by atoms with Crippen molar-refractivity contribution in [3.8, 4) is 28.4 Å². The van der Waals surface area contributed by atoms with Gasteiger partial charge in [0.05, 0.1) is 23.0 Å². The molecule has 0 bridgehead atoms. The minimum atomic E-state index is -0.155. The van der Waals surface area contributed by atoms with Gasteiger partial charge in [-0.15, -0.1) is 0 Å². The molecule has 1 saturated carbocycles. The molecule has 0 spiro atoms. The highest BCUT2D eigenvalue weighted by atomic mass is 16.5. The van der Waals surface area contributed by atoms with Gasteiger partial charge in [0, 0.05) is 11.6 Å². The fourth-order valence-electron chi connectivity index (χ4n) is 3.15. The summed E-state index contributed by atoms with van der Waals surface area (Å²) in [5.74, 6) is 0.562. The highest BCUT2D eigenvalue weighted by molar-refractivity contribution is 5.83. The van der Waals surface area contributed by atoms with E-state index in [-0.39, 0.29) is 23.7 Å². The Labute approximate surface area is 163 Å². The summed E-state index contributed by atoms with van der Waals surface area (Å²) >= 11 is 0. The summed E-state index contributed by atoms with van der Waals surface area (Å²) in [5.41, 5.74) is 8.61. The molecule has 144 valence electrons. The molecule has 2 heterocycles. The SMILES string of the molecule is CC(C)n1nc(-c2c(OC3CCC3)nc(N)nc2-c2ccccc2)ccc1=O. The molecule has 3 aromatic rings. The Kier molecular flexibility index (Phi) is 4.81. The van der Waals surface area contributed by atoms with E-state index in [2.05, 4.69) is 15.1 Å². The minimum absolute atomic E-state index is 0.0710. The van der Waals surface area contributed by atoms with E-state index in [9.17, 15) is 4.79 Å². The van der Waals surface area contributed by atoms with Gasteiger partial charge in [-0.05, 0) is 39.2 Å². The molecule has 0 saturated heterocycles. The van der Waals surface area contributed by atoms with Crippen LogP contribution in [0.2, 0.25) is 0 Å². The van der Waals surface area contributed by atoms with E-state index >= 15 is 0 Å². The number of rotatable bonds is 5. The van der Waals surface area contributed by atoms with Crippen molar-refractivity contribution in [1.82, 2.24) is 19.7 Å². The number of benzene rings is 1. The second-order valence-electron chi connectivity index (χ2n) is 7.24. The molecular weight excluding hydrogens is 354 g/mol. The third kappa shape index (κ3) is 3.47. The molecule has 0 radical (unpaired) electrons. The molecule has 4 rings (SSSR count). The van der Waals surface area contributed by atoms with E-state index in [1.54, 1.807) is 6.07 Å². The second-order valence-corrected chi connectivity index (χ2v) is 7.24. The highest BCUT2D eigenvalue weighted by Gasteiger charge is 2.26. The molecular formula is C21H23N5O2. The quantitative estimate of drug-likeness (QED) is 0.731. The van der Waals surface area contributed by atoms with E-state index in [4.69, 9.17) is 10.5 Å². The Bertz CT molecular complexity index is 1040. The average molecular weight is 377 g/mol. The zero-order valence-electron chi connectivity index (χ0n) is 16.0. The maximum absolute atomic E-state index is 12.2. The number of aromatic nitrogens is 4. The van der Waals surface area contributed by atoms with Gasteiger partial charge in [0.1, 0.15) is 6.10 Å². The number of anilines is 1. The summed E-state index contributed by atoms with van der Waals surface area (Å²) in [6, 6.07) is 12.9. The predicted octanol–water partition coefficient (Wildman–Crippen LogP) is 3.46. The Morgan fingerprint density at radius 3 is 2.50 bits per heavy atom. The van der Waals surface area contributed by atoms with Crippen molar-refractivity contribution in [2.24, 2.45) is 0 Å². The summed E-state index contributed by atoms with van der Waals surface area (Å²) in [6.07, 6.45) is 3.24. The Hall–Kier alpha value is -3.22. The molecule has 0 unspecified atom stereocenters. The number of nitrogens with two attached hydrogens (primary N) is 1. The van der Waals surface area contributed by atoms with Gasteiger partial charge >= 0.3 is 0 Å². The maximum atomic E-state index is 12.2. The molecule has 1 aliphatic carbocycles. The first-order chi connectivity index (χ1) is 13.5. The van der Waals surface area contributed by atoms with Gasteiger partial charge in [-0.2, -0.15) is 10.1 Å². The van der Waals surface area contributed by atoms with Crippen molar-refractivity contribution in [1.29, 1.82) is 0 Å². The van der Waals surface area contributed by atoms with Gasteiger partial charge < -0.3 is 10.5 Å². The average Bonchev–Trinajstić information content (AvgIpc) is 2.65. The summed E-state index contributed by atoms with van der Waals surface area (Å²) in [6.45, 7) is 3.84. The van der Waals surface area contributed by atoms with E-state index in [1.807, 2.05) is 44.2 Å². The van der Waals surface area contributed by atoms with Crippen molar-refractivity contribution in [3.05, 3.63) is 52.8 Å². The molecule has 28 heavy (non-hydrogen) atoms. The van der Waals surface area contributed by atoms with Crippen LogP contribution in [-0.4, -0.2) is 25.9 Å². The number of hydrogen-bond acceptors (Lipinski definition) is 6. The van der Waals surface area contributed by atoms with Crippen LogP contribution in [0.4, 0.5) is 5.95 Å². The Morgan fingerprint density at radius 2 is 1.86 bits per heavy atom. The summed E-state index contributed by atoms with van der Waals surface area (Å²) in [4.78, 5) is 21.0. The highest BCUT2D eigenvalue weighted by Crippen LogP contribution is 2.38. The largest absolute Gasteiger partial charge is 0.474 e. The summed E-state index contributed by atoms with van der Waals surface area (Å²) < 4.78 is 7.60. The Balaban J connectivity index is 1.95. The monoisotopic (exact) mass is 377 g/mol. The van der Waals surface area contributed by atoms with Crippen LogP contribution in [0, 0.1) is 0 Å². The van der Waals surface area contributed by atoms with Crippen LogP contribution in [0.3, 0.4) is 0 Å². The second kappa shape index (κ2) is 7.42. The van der Waals surface area contributed by atoms with E-state index in [1.165, 1.54) is 10.7 Å². The van der Waals surface area contributed by atoms with Crippen LogP contribution >= 0.6 is 0 Å². The van der Waals surface area contributed by atoms with Gasteiger partial charge in [-0.25, -0.2) is 9.67 Å². The van der Waals surface area contributed by atoms with Crippen molar-refractivity contribution in [2.45, 2.75) is 45.3 Å². The topological polar surface area (TPSA) is 95.9 Å². The lowest BCUT2D eigenvalue weighted by molar-refractivity contribution is 0.115. The first-order valence-corrected chi connectivity index (χ1v) is 9.53. The number of ether oxygens (including phenoxy) is 1. The summed E-state index contributed by atoms with van der Waals surface area (Å²) in [7, 11) is 0. The number of nitrogen functional groups attached to an aromatic ring is 1. The zero-order chi connectivity index (χ0) is 19.7. The first kappa shape index (κ1) is 18.2. The van der Waals surface area contributed by atoms with Gasteiger partial charge in [-0.3, -0.25) is 4.79 Å². The molecule has 0 atom stereocenters. The van der Waals surface area contributed by atoms with E-state index in [0.717, 1.165) is 24.8 Å². The molecule has 7 nitrogen and oxygen atoms in total. The predicted molar refractivity (Wildman–Crippen MR) is 108 cm³/mol. The third-order valence-electron chi connectivity index (χ3n) is 4.84. The van der Waals surface area contributed by atoms with Gasteiger partial charge in [0.25, 0.3) is 5.56 Å². The van der Waals surface area contributed by atoms with Crippen LogP contribution in [-0.2, 0) is 0 Å². The van der Waals surface area contributed by atoms with Crippen molar-refractivity contribution in [3.63, 3.8) is 0 Å². The lowest BCUT2D eigenvalue weighted by Gasteiger charge is -2.27. The lowest BCUT2D eigenvalue weighted by Crippen LogP contribution is -2.26. The number of nitrogens with zero attached hydrogens (tertiary/aromatic N) is 4. The summed E-state index contributed by atoms with van der Waals surface area (Å²) in [5, 5.41) is 4.57. The smallest absolute Gasteiger partial charge is 0.267 e. The fraction of sp³-hybridized carbons (Fsp3) is 0.333. The lowest BCUT2D eigenvalue weighted by atomic mass is 9.96. The molecule has 1 aromatic carbocycles. The minimum Gasteiger partial charge on any atom is -0.474 e. The van der Waals surface area contributed by atoms with Gasteiger partial charge in [0.15, 0.2) is 0 Å². The van der Waals surface area contributed by atoms with Gasteiger partial charge in [-0.1, -0.05) is 30.3 Å². The van der Waals surface area contributed by atoms with Crippen LogP contribution in [0.25, 0.3) is 22.5 Å². The zero-order valence-corrected chi connectivity index (χ0v) is 16.0. The van der Waals surface area contributed by atoms with Gasteiger partial charge in [0.2, 0.25) is 11.8 Å². The van der Waals surface area contributed by atoms with Crippen molar-refractivity contribution < 1.29 is 4.74 Å². The molecule has 0 amide bonds. The molecule has 2 N–H and O–H groups in total. The standard InChI is InChI=1S/C21H23N5O2/c1-13(2)26-17(27)12-11-16(25-26)18-19(14-7-4-3-5-8-14)23-21(22)24-20(18)28-15-9-6-10-15/h3-5,7-8,11-13,15H,6,9-10H2,1-2H3,(H2,22,23,24). The molecule has 7 heteroatoms. The molecule has 1 aliphatic rings. The van der Waals surface area contributed by atoms with E-state index in [0.29, 0.717) is 22.8 Å². The van der Waals surface area contributed by atoms with Crippen LogP contribution < -0.4 is 16.0 Å². The van der Waals surface area contributed by atoms with Crippen molar-refractivity contribution >= 4 is 5.95 Å². The maximum Gasteiger partial charge on any atom is 0.267 e. The molecule has 2 aromatic heterocycles. The third-order valence-corrected chi connectivity index (χ3v) is 4.84. The van der Waals surface area contributed by atoms with Crippen LogP contribution in [0.1, 0.15) is 39.2 Å².